The molecular weight excluding hydrogens is 250 g/mol. The van der Waals surface area contributed by atoms with E-state index < -0.39 is 0 Å². The lowest BCUT2D eigenvalue weighted by molar-refractivity contribution is 0.979. The Morgan fingerprint density at radius 2 is 1.71 bits per heavy atom. The summed E-state index contributed by atoms with van der Waals surface area (Å²) in [5.41, 5.74) is 7.03. The smallest absolute Gasteiger partial charge is 0.0387 e. The van der Waals surface area contributed by atoms with E-state index in [9.17, 15) is 0 Å². The van der Waals surface area contributed by atoms with Gasteiger partial charge in [0.05, 0.1) is 0 Å². The summed E-state index contributed by atoms with van der Waals surface area (Å²) in [7, 11) is 0. The minimum atomic E-state index is 0. The summed E-state index contributed by atoms with van der Waals surface area (Å²) in [6.45, 7) is 0.716. The largest absolute Gasteiger partial charge is 0.330 e. The zero-order valence-corrected chi connectivity index (χ0v) is 11.0. The van der Waals surface area contributed by atoms with Crippen molar-refractivity contribution in [3.05, 3.63) is 48.0 Å². The van der Waals surface area contributed by atoms with Gasteiger partial charge in [-0.3, -0.25) is 0 Å². The molecule has 1 heterocycles. The van der Waals surface area contributed by atoms with Crippen molar-refractivity contribution < 1.29 is 0 Å². The molecule has 0 spiro atoms. The predicted molar refractivity (Wildman–Crippen MR) is 79.3 cm³/mol. The van der Waals surface area contributed by atoms with E-state index in [2.05, 4.69) is 42.5 Å². The number of halogens is 1. The first kappa shape index (κ1) is 12.4. The summed E-state index contributed by atoms with van der Waals surface area (Å²) >= 11 is 1.87. The number of fused-ring (bicyclic) bond motifs is 3. The van der Waals surface area contributed by atoms with Crippen molar-refractivity contribution >= 4 is 43.9 Å². The van der Waals surface area contributed by atoms with Crippen LogP contribution in [0.5, 0.6) is 0 Å². The minimum absolute atomic E-state index is 0. The zero-order valence-electron chi connectivity index (χ0n) is 9.35. The second-order valence-electron chi connectivity index (χ2n) is 3.93. The third kappa shape index (κ3) is 2.04. The fraction of sp³-hybridized carbons (Fsp3) is 0.143. The number of nitrogens with two attached hydrogens (primary N) is 1. The fourth-order valence-corrected chi connectivity index (χ4v) is 3.40. The number of hydrogen-bond donors (Lipinski definition) is 1. The molecule has 0 aliphatic carbocycles. The summed E-state index contributed by atoms with van der Waals surface area (Å²) < 4.78 is 2.76. The van der Waals surface area contributed by atoms with Crippen LogP contribution in [0.1, 0.15) is 5.56 Å². The van der Waals surface area contributed by atoms with E-state index in [1.54, 1.807) is 0 Å². The average Bonchev–Trinajstić information content (AvgIpc) is 2.69. The van der Waals surface area contributed by atoms with Gasteiger partial charge >= 0.3 is 0 Å². The molecule has 1 aromatic heterocycles. The number of thiophene rings is 1. The molecule has 0 saturated heterocycles. The lowest BCUT2D eigenvalue weighted by Gasteiger charge is -1.99. The van der Waals surface area contributed by atoms with Gasteiger partial charge in [0.25, 0.3) is 0 Å². The minimum Gasteiger partial charge on any atom is -0.330 e. The van der Waals surface area contributed by atoms with E-state index in [-0.39, 0.29) is 12.4 Å². The molecule has 0 aliphatic rings. The molecule has 0 amide bonds. The van der Waals surface area contributed by atoms with E-state index >= 15 is 0 Å². The maximum atomic E-state index is 5.65. The van der Waals surface area contributed by atoms with Crippen molar-refractivity contribution in [1.82, 2.24) is 0 Å². The van der Waals surface area contributed by atoms with Crippen LogP contribution in [0, 0.1) is 0 Å². The van der Waals surface area contributed by atoms with E-state index in [1.165, 1.54) is 25.7 Å². The van der Waals surface area contributed by atoms with Crippen LogP contribution >= 0.6 is 23.7 Å². The molecular formula is C14H14ClNS. The highest BCUT2D eigenvalue weighted by molar-refractivity contribution is 7.26. The molecule has 0 bridgehead atoms. The summed E-state index contributed by atoms with van der Waals surface area (Å²) in [4.78, 5) is 0. The van der Waals surface area contributed by atoms with Gasteiger partial charge in [-0.05, 0) is 24.6 Å². The van der Waals surface area contributed by atoms with Gasteiger partial charge in [0, 0.05) is 20.2 Å². The Labute approximate surface area is 111 Å². The van der Waals surface area contributed by atoms with Crippen molar-refractivity contribution in [1.29, 1.82) is 0 Å². The molecule has 0 aliphatic heterocycles. The summed E-state index contributed by atoms with van der Waals surface area (Å²) in [6, 6.07) is 15.1. The van der Waals surface area contributed by atoms with E-state index in [1.807, 2.05) is 11.3 Å². The first-order valence-electron chi connectivity index (χ1n) is 5.49. The summed E-state index contributed by atoms with van der Waals surface area (Å²) in [6.07, 6.45) is 0.962. The van der Waals surface area contributed by atoms with Gasteiger partial charge < -0.3 is 5.73 Å². The van der Waals surface area contributed by atoms with Gasteiger partial charge in [-0.1, -0.05) is 36.4 Å². The molecule has 0 atom stereocenters. The van der Waals surface area contributed by atoms with Crippen LogP contribution < -0.4 is 5.73 Å². The first-order valence-corrected chi connectivity index (χ1v) is 6.31. The predicted octanol–water partition coefficient (Wildman–Crippen LogP) is 3.98. The second-order valence-corrected chi connectivity index (χ2v) is 4.98. The molecule has 17 heavy (non-hydrogen) atoms. The van der Waals surface area contributed by atoms with Crippen LogP contribution in [0.15, 0.2) is 42.5 Å². The molecule has 3 rings (SSSR count). The van der Waals surface area contributed by atoms with Crippen molar-refractivity contribution in [3.63, 3.8) is 0 Å². The SMILES string of the molecule is Cl.NCCc1cccc2c1sc1ccccc12. The molecule has 3 aromatic rings. The van der Waals surface area contributed by atoms with Crippen LogP contribution in [0.25, 0.3) is 20.2 Å². The van der Waals surface area contributed by atoms with Crippen LogP contribution in [-0.2, 0) is 6.42 Å². The molecule has 3 heteroatoms. The maximum absolute atomic E-state index is 5.65. The monoisotopic (exact) mass is 263 g/mol. The molecule has 2 N–H and O–H groups in total. The van der Waals surface area contributed by atoms with Gasteiger partial charge in [-0.25, -0.2) is 0 Å². The number of benzene rings is 2. The molecule has 88 valence electrons. The number of rotatable bonds is 2. The Morgan fingerprint density at radius 3 is 2.53 bits per heavy atom. The lowest BCUT2D eigenvalue weighted by atomic mass is 10.1. The Bertz CT molecular complexity index is 645. The van der Waals surface area contributed by atoms with Crippen molar-refractivity contribution in [2.45, 2.75) is 6.42 Å². The Balaban J connectivity index is 0.00000108. The third-order valence-electron chi connectivity index (χ3n) is 2.90. The topological polar surface area (TPSA) is 26.0 Å². The Morgan fingerprint density at radius 1 is 0.941 bits per heavy atom. The normalized spacial score (nSPS) is 10.6. The highest BCUT2D eigenvalue weighted by atomic mass is 35.5. The maximum Gasteiger partial charge on any atom is 0.0387 e. The van der Waals surface area contributed by atoms with Crippen LogP contribution in [-0.4, -0.2) is 6.54 Å². The van der Waals surface area contributed by atoms with E-state index in [0.717, 1.165) is 6.42 Å². The van der Waals surface area contributed by atoms with Crippen molar-refractivity contribution in [2.24, 2.45) is 5.73 Å². The first-order chi connectivity index (χ1) is 7.90. The standard InChI is InChI=1S/C14H13NS.ClH/c15-9-8-10-4-3-6-12-11-5-1-2-7-13(11)16-14(10)12;/h1-7H,8-9,15H2;1H. The van der Waals surface area contributed by atoms with Gasteiger partial charge in [-0.2, -0.15) is 0 Å². The molecule has 0 unspecified atom stereocenters. The van der Waals surface area contributed by atoms with Crippen LogP contribution in [0.3, 0.4) is 0 Å². The van der Waals surface area contributed by atoms with Crippen LogP contribution in [0.4, 0.5) is 0 Å². The van der Waals surface area contributed by atoms with Gasteiger partial charge in [0.15, 0.2) is 0 Å². The zero-order chi connectivity index (χ0) is 11.0. The van der Waals surface area contributed by atoms with Crippen molar-refractivity contribution in [2.75, 3.05) is 6.54 Å². The number of hydrogen-bond acceptors (Lipinski definition) is 2. The Hall–Kier alpha value is -1.09. The average molecular weight is 264 g/mol. The van der Waals surface area contributed by atoms with Crippen molar-refractivity contribution in [3.8, 4) is 0 Å². The fourth-order valence-electron chi connectivity index (χ4n) is 2.16. The van der Waals surface area contributed by atoms with Crippen LogP contribution in [0.2, 0.25) is 0 Å². The second kappa shape index (κ2) is 5.05. The molecule has 0 radical (unpaired) electrons. The molecule has 2 aromatic carbocycles. The third-order valence-corrected chi connectivity index (χ3v) is 4.16. The highest BCUT2D eigenvalue weighted by Gasteiger charge is 2.06. The molecule has 1 nitrogen and oxygen atoms in total. The van der Waals surface area contributed by atoms with Gasteiger partial charge in [-0.15, -0.1) is 23.7 Å². The Kier molecular flexibility index (Phi) is 3.67. The highest BCUT2D eigenvalue weighted by Crippen LogP contribution is 2.35. The lowest BCUT2D eigenvalue weighted by Crippen LogP contribution is -2.02. The summed E-state index contributed by atoms with van der Waals surface area (Å²) in [5.74, 6) is 0. The molecule has 0 fully saturated rings. The quantitative estimate of drug-likeness (QED) is 0.744. The van der Waals surface area contributed by atoms with Gasteiger partial charge in [0.1, 0.15) is 0 Å². The van der Waals surface area contributed by atoms with E-state index in [0.29, 0.717) is 6.54 Å². The van der Waals surface area contributed by atoms with E-state index in [4.69, 9.17) is 5.73 Å². The van der Waals surface area contributed by atoms with Gasteiger partial charge in [0.2, 0.25) is 0 Å². The molecule has 0 saturated carbocycles. The summed E-state index contributed by atoms with van der Waals surface area (Å²) in [5, 5.41) is 2.73.